The Balaban J connectivity index is 1.92. The standard InChI is InChI=1S/C20H17NO4/c1-25-20(24)16-10-11-17(22)21(16)18-12-6-2-4-8-14(12)19(23)15-9-5-3-7-13(15)18/h2-9,16,18H,10-11H2,1H3. The van der Waals surface area contributed by atoms with Crippen molar-refractivity contribution in [3.8, 4) is 0 Å². The van der Waals surface area contributed by atoms with Crippen LogP contribution in [0.4, 0.5) is 0 Å². The summed E-state index contributed by atoms with van der Waals surface area (Å²) in [5.41, 5.74) is 2.68. The minimum Gasteiger partial charge on any atom is -0.467 e. The molecule has 1 fully saturated rings. The number of carbonyl (C=O) groups is 3. The maximum absolute atomic E-state index is 12.8. The number of amides is 1. The van der Waals surface area contributed by atoms with Crippen molar-refractivity contribution >= 4 is 17.7 Å². The van der Waals surface area contributed by atoms with Gasteiger partial charge in [-0.05, 0) is 17.5 Å². The average molecular weight is 335 g/mol. The quantitative estimate of drug-likeness (QED) is 0.791. The number of methoxy groups -OCH3 is 1. The molecule has 0 saturated carbocycles. The number of benzene rings is 2. The molecule has 1 aliphatic carbocycles. The Morgan fingerprint density at radius 2 is 1.56 bits per heavy atom. The molecule has 126 valence electrons. The Hall–Kier alpha value is -2.95. The van der Waals surface area contributed by atoms with Crippen LogP contribution in [0.1, 0.15) is 45.9 Å². The number of hydrogen-bond acceptors (Lipinski definition) is 4. The lowest BCUT2D eigenvalue weighted by molar-refractivity contribution is -0.150. The van der Waals surface area contributed by atoms with E-state index in [9.17, 15) is 14.4 Å². The van der Waals surface area contributed by atoms with Crippen molar-refractivity contribution in [2.24, 2.45) is 0 Å². The number of rotatable bonds is 2. The normalized spacial score (nSPS) is 19.6. The molecule has 25 heavy (non-hydrogen) atoms. The van der Waals surface area contributed by atoms with E-state index >= 15 is 0 Å². The van der Waals surface area contributed by atoms with Crippen molar-refractivity contribution < 1.29 is 19.1 Å². The van der Waals surface area contributed by atoms with E-state index in [0.29, 0.717) is 24.0 Å². The van der Waals surface area contributed by atoms with Gasteiger partial charge in [0.2, 0.25) is 5.91 Å². The molecular weight excluding hydrogens is 318 g/mol. The summed E-state index contributed by atoms with van der Waals surface area (Å²) in [6.07, 6.45) is 0.731. The van der Waals surface area contributed by atoms with Gasteiger partial charge in [-0.25, -0.2) is 4.79 Å². The van der Waals surface area contributed by atoms with Gasteiger partial charge in [-0.2, -0.15) is 0 Å². The van der Waals surface area contributed by atoms with Crippen LogP contribution >= 0.6 is 0 Å². The van der Waals surface area contributed by atoms with Crippen LogP contribution in [0.15, 0.2) is 48.5 Å². The van der Waals surface area contributed by atoms with Crippen LogP contribution in [-0.4, -0.2) is 35.7 Å². The van der Waals surface area contributed by atoms with Crippen molar-refractivity contribution in [3.05, 3.63) is 70.8 Å². The van der Waals surface area contributed by atoms with Crippen LogP contribution in [0.2, 0.25) is 0 Å². The van der Waals surface area contributed by atoms with Crippen molar-refractivity contribution in [1.29, 1.82) is 0 Å². The maximum Gasteiger partial charge on any atom is 0.328 e. The van der Waals surface area contributed by atoms with E-state index in [0.717, 1.165) is 11.1 Å². The van der Waals surface area contributed by atoms with E-state index in [4.69, 9.17) is 4.74 Å². The van der Waals surface area contributed by atoms with E-state index in [-0.39, 0.29) is 11.7 Å². The number of likely N-dealkylation sites (tertiary alicyclic amines) is 1. The smallest absolute Gasteiger partial charge is 0.328 e. The fourth-order valence-corrected chi connectivity index (χ4v) is 3.89. The second-order valence-corrected chi connectivity index (χ2v) is 6.28. The Morgan fingerprint density at radius 1 is 1.00 bits per heavy atom. The van der Waals surface area contributed by atoms with Crippen LogP contribution in [0.25, 0.3) is 0 Å². The molecule has 1 amide bonds. The van der Waals surface area contributed by atoms with Gasteiger partial charge in [0.05, 0.1) is 13.2 Å². The molecule has 2 aromatic rings. The maximum atomic E-state index is 12.8. The van der Waals surface area contributed by atoms with Crippen molar-refractivity contribution in [3.63, 3.8) is 0 Å². The Morgan fingerprint density at radius 3 is 2.12 bits per heavy atom. The van der Waals surface area contributed by atoms with Gasteiger partial charge in [-0.1, -0.05) is 48.5 Å². The van der Waals surface area contributed by atoms with Crippen LogP contribution in [-0.2, 0) is 14.3 Å². The third kappa shape index (κ3) is 2.27. The highest BCUT2D eigenvalue weighted by molar-refractivity contribution is 6.13. The van der Waals surface area contributed by atoms with Gasteiger partial charge in [0.1, 0.15) is 6.04 Å². The summed E-state index contributed by atoms with van der Waals surface area (Å²) < 4.78 is 4.90. The molecule has 4 rings (SSSR count). The monoisotopic (exact) mass is 335 g/mol. The molecule has 2 aliphatic rings. The first-order valence-corrected chi connectivity index (χ1v) is 8.25. The first kappa shape index (κ1) is 15.6. The molecule has 1 aliphatic heterocycles. The minimum absolute atomic E-state index is 0.0521. The lowest BCUT2D eigenvalue weighted by atomic mass is 9.80. The molecule has 0 bridgehead atoms. The van der Waals surface area contributed by atoms with Gasteiger partial charge >= 0.3 is 5.97 Å². The summed E-state index contributed by atoms with van der Waals surface area (Å²) in [6, 6.07) is 13.5. The molecule has 5 nitrogen and oxygen atoms in total. The van der Waals surface area contributed by atoms with E-state index < -0.39 is 18.1 Å². The number of hydrogen-bond donors (Lipinski definition) is 0. The summed E-state index contributed by atoms with van der Waals surface area (Å²) in [4.78, 5) is 39.3. The summed E-state index contributed by atoms with van der Waals surface area (Å²) in [6.45, 7) is 0. The predicted molar refractivity (Wildman–Crippen MR) is 90.0 cm³/mol. The number of nitrogens with zero attached hydrogens (tertiary/aromatic N) is 1. The summed E-state index contributed by atoms with van der Waals surface area (Å²) in [5, 5.41) is 0. The molecule has 5 heteroatoms. The Bertz CT molecular complexity index is 839. The Labute approximate surface area is 145 Å². The fraction of sp³-hybridized carbons (Fsp3) is 0.250. The first-order valence-electron chi connectivity index (χ1n) is 8.25. The minimum atomic E-state index is -0.628. The SMILES string of the molecule is COC(=O)C1CCC(=O)N1C1c2ccccc2C(=O)c2ccccc21. The lowest BCUT2D eigenvalue weighted by Gasteiger charge is -2.36. The number of ether oxygens (including phenoxy) is 1. The average Bonchev–Trinajstić information content (AvgIpc) is 3.03. The zero-order chi connectivity index (χ0) is 17.6. The van der Waals surface area contributed by atoms with E-state index in [1.54, 1.807) is 17.0 Å². The molecule has 0 aromatic heterocycles. The van der Waals surface area contributed by atoms with E-state index in [1.165, 1.54) is 7.11 Å². The third-order valence-corrected chi connectivity index (χ3v) is 5.01. The largest absolute Gasteiger partial charge is 0.467 e. The molecule has 1 heterocycles. The topological polar surface area (TPSA) is 63.7 Å². The predicted octanol–water partition coefficient (Wildman–Crippen LogP) is 2.48. The molecule has 1 unspecified atom stereocenters. The number of esters is 1. The van der Waals surface area contributed by atoms with Crippen LogP contribution < -0.4 is 0 Å². The van der Waals surface area contributed by atoms with Crippen LogP contribution in [0.3, 0.4) is 0 Å². The van der Waals surface area contributed by atoms with Crippen molar-refractivity contribution in [2.45, 2.75) is 24.9 Å². The van der Waals surface area contributed by atoms with Crippen molar-refractivity contribution in [1.82, 2.24) is 4.90 Å². The number of carbonyl (C=O) groups excluding carboxylic acids is 3. The fourth-order valence-electron chi connectivity index (χ4n) is 3.89. The highest BCUT2D eigenvalue weighted by Crippen LogP contribution is 2.42. The Kier molecular flexibility index (Phi) is 3.64. The highest BCUT2D eigenvalue weighted by atomic mass is 16.5. The summed E-state index contributed by atoms with van der Waals surface area (Å²) >= 11 is 0. The summed E-state index contributed by atoms with van der Waals surface area (Å²) in [7, 11) is 1.33. The lowest BCUT2D eigenvalue weighted by Crippen LogP contribution is -2.44. The molecule has 0 radical (unpaired) electrons. The molecule has 2 aromatic carbocycles. The highest BCUT2D eigenvalue weighted by Gasteiger charge is 2.45. The first-order chi connectivity index (χ1) is 12.1. The number of fused-ring (bicyclic) bond motifs is 2. The summed E-state index contributed by atoms with van der Waals surface area (Å²) in [5.74, 6) is -0.569. The van der Waals surface area contributed by atoms with Gasteiger partial charge in [-0.3, -0.25) is 9.59 Å². The van der Waals surface area contributed by atoms with Gasteiger partial charge in [0.15, 0.2) is 5.78 Å². The van der Waals surface area contributed by atoms with E-state index in [1.807, 2.05) is 36.4 Å². The molecule has 0 spiro atoms. The van der Waals surface area contributed by atoms with Crippen LogP contribution in [0.5, 0.6) is 0 Å². The molecule has 1 saturated heterocycles. The van der Waals surface area contributed by atoms with Gasteiger partial charge < -0.3 is 9.64 Å². The van der Waals surface area contributed by atoms with Gasteiger partial charge in [0, 0.05) is 17.5 Å². The zero-order valence-corrected chi connectivity index (χ0v) is 13.8. The zero-order valence-electron chi connectivity index (χ0n) is 13.8. The van der Waals surface area contributed by atoms with E-state index in [2.05, 4.69) is 0 Å². The number of ketones is 1. The van der Waals surface area contributed by atoms with Crippen molar-refractivity contribution in [2.75, 3.05) is 7.11 Å². The second kappa shape index (κ2) is 5.84. The third-order valence-electron chi connectivity index (χ3n) is 5.01. The molecular formula is C20H17NO4. The van der Waals surface area contributed by atoms with Crippen LogP contribution in [0, 0.1) is 0 Å². The molecule has 1 atom stereocenters. The van der Waals surface area contributed by atoms with Gasteiger partial charge in [0.25, 0.3) is 0 Å². The second-order valence-electron chi connectivity index (χ2n) is 6.28. The molecule has 0 N–H and O–H groups in total. The van der Waals surface area contributed by atoms with Gasteiger partial charge in [-0.15, -0.1) is 0 Å².